The van der Waals surface area contributed by atoms with E-state index in [-0.39, 0.29) is 12.1 Å². The molecule has 13 heavy (non-hydrogen) atoms. The van der Waals surface area contributed by atoms with Crippen LogP contribution in [0, 0.1) is 5.92 Å². The minimum absolute atomic E-state index is 0.161. The zero-order valence-corrected chi connectivity index (χ0v) is 8.08. The summed E-state index contributed by atoms with van der Waals surface area (Å²) in [5.41, 5.74) is 5.19. The van der Waals surface area contributed by atoms with Crippen molar-refractivity contribution in [3.05, 3.63) is 0 Å². The summed E-state index contributed by atoms with van der Waals surface area (Å²) in [5.74, 6) is 0.166. The number of rotatable bonds is 3. The molecule has 2 N–H and O–H groups in total. The quantitative estimate of drug-likeness (QED) is 0.669. The Morgan fingerprint density at radius 1 is 1.38 bits per heavy atom. The summed E-state index contributed by atoms with van der Waals surface area (Å²) in [5, 5.41) is 0. The van der Waals surface area contributed by atoms with E-state index in [1.165, 1.54) is 6.42 Å². The molecule has 1 unspecified atom stereocenters. The molecule has 0 aliphatic heterocycles. The number of ether oxygens (including phenoxy) is 1. The molecule has 0 radical (unpaired) electrons. The van der Waals surface area contributed by atoms with E-state index in [0.717, 1.165) is 25.7 Å². The highest BCUT2D eigenvalue weighted by Crippen LogP contribution is 2.39. The Labute approximate surface area is 78.6 Å². The normalized spacial score (nSPS) is 27.5. The number of nitrogens with two attached hydrogens (primary N) is 1. The highest BCUT2D eigenvalue weighted by Gasteiger charge is 2.46. The maximum atomic E-state index is 11.6. The molecule has 0 spiro atoms. The Morgan fingerprint density at radius 2 is 2.00 bits per heavy atom. The highest BCUT2D eigenvalue weighted by atomic mass is 16.5. The van der Waals surface area contributed by atoms with Crippen molar-refractivity contribution in [3.8, 4) is 0 Å². The van der Waals surface area contributed by atoms with Crippen LogP contribution in [0.2, 0.25) is 0 Å². The van der Waals surface area contributed by atoms with Crippen molar-refractivity contribution in [3.63, 3.8) is 0 Å². The molecule has 2 aliphatic rings. The maximum Gasteiger partial charge on any atom is 0.326 e. The summed E-state index contributed by atoms with van der Waals surface area (Å²) in [7, 11) is 0. The summed E-state index contributed by atoms with van der Waals surface area (Å²) in [6, 6.07) is 0. The van der Waals surface area contributed by atoms with Gasteiger partial charge in [-0.3, -0.25) is 4.79 Å². The van der Waals surface area contributed by atoms with E-state index in [4.69, 9.17) is 10.5 Å². The third kappa shape index (κ3) is 1.70. The first kappa shape index (κ1) is 9.00. The van der Waals surface area contributed by atoms with E-state index >= 15 is 0 Å². The zero-order valence-electron chi connectivity index (χ0n) is 8.08. The van der Waals surface area contributed by atoms with Crippen molar-refractivity contribution in [2.45, 2.75) is 50.7 Å². The topological polar surface area (TPSA) is 52.3 Å². The Bertz CT molecular complexity index is 217. The van der Waals surface area contributed by atoms with Gasteiger partial charge in [0.05, 0.1) is 0 Å². The summed E-state index contributed by atoms with van der Waals surface area (Å²) >= 11 is 0. The van der Waals surface area contributed by atoms with Gasteiger partial charge in [-0.2, -0.15) is 0 Å². The van der Waals surface area contributed by atoms with Gasteiger partial charge in [0.1, 0.15) is 11.6 Å². The summed E-state index contributed by atoms with van der Waals surface area (Å²) in [6.07, 6.45) is 5.54. The third-order valence-corrected chi connectivity index (χ3v) is 3.19. The Morgan fingerprint density at radius 3 is 2.38 bits per heavy atom. The van der Waals surface area contributed by atoms with Crippen LogP contribution in [0.25, 0.3) is 0 Å². The van der Waals surface area contributed by atoms with Crippen molar-refractivity contribution in [1.29, 1.82) is 0 Å². The fraction of sp³-hybridized carbons (Fsp3) is 0.900. The standard InChI is InChI=1S/C10H17NO2/c1-10(11,7-5-6-7)9(12)13-8-3-2-4-8/h7-8H,2-6,11H2,1H3. The molecule has 0 heterocycles. The zero-order chi connectivity index (χ0) is 9.47. The van der Waals surface area contributed by atoms with E-state index in [0.29, 0.717) is 5.92 Å². The van der Waals surface area contributed by atoms with E-state index in [2.05, 4.69) is 0 Å². The Balaban J connectivity index is 1.86. The first-order valence-corrected chi connectivity index (χ1v) is 5.10. The smallest absolute Gasteiger partial charge is 0.326 e. The number of carbonyl (C=O) groups is 1. The molecule has 3 nitrogen and oxygen atoms in total. The second-order valence-corrected chi connectivity index (χ2v) is 4.52. The molecule has 1 atom stereocenters. The second kappa shape index (κ2) is 2.98. The van der Waals surface area contributed by atoms with Gasteiger partial charge in [-0.15, -0.1) is 0 Å². The third-order valence-electron chi connectivity index (χ3n) is 3.19. The number of hydrogen-bond acceptors (Lipinski definition) is 3. The summed E-state index contributed by atoms with van der Waals surface area (Å²) in [6.45, 7) is 1.80. The molecule has 2 saturated carbocycles. The lowest BCUT2D eigenvalue weighted by Crippen LogP contribution is -2.49. The van der Waals surface area contributed by atoms with Crippen LogP contribution < -0.4 is 5.73 Å². The van der Waals surface area contributed by atoms with Gasteiger partial charge < -0.3 is 10.5 Å². The Kier molecular flexibility index (Phi) is 2.06. The van der Waals surface area contributed by atoms with Crippen molar-refractivity contribution in [2.24, 2.45) is 11.7 Å². The number of hydrogen-bond donors (Lipinski definition) is 1. The summed E-state index contributed by atoms with van der Waals surface area (Å²) in [4.78, 5) is 11.6. The van der Waals surface area contributed by atoms with Gasteiger partial charge in [0, 0.05) is 0 Å². The van der Waals surface area contributed by atoms with Gasteiger partial charge in [0.25, 0.3) is 0 Å². The molecule has 0 aromatic rings. The van der Waals surface area contributed by atoms with Gasteiger partial charge in [-0.25, -0.2) is 0 Å². The average Bonchev–Trinajstić information content (AvgIpc) is 2.77. The molecule has 0 bridgehead atoms. The predicted octanol–water partition coefficient (Wildman–Crippen LogP) is 1.21. The molecule has 0 aromatic carbocycles. The summed E-state index contributed by atoms with van der Waals surface area (Å²) < 4.78 is 5.29. The van der Waals surface area contributed by atoms with Crippen LogP contribution in [0.5, 0.6) is 0 Å². The van der Waals surface area contributed by atoms with Crippen molar-refractivity contribution in [1.82, 2.24) is 0 Å². The molecular weight excluding hydrogens is 166 g/mol. The van der Waals surface area contributed by atoms with Crippen molar-refractivity contribution >= 4 is 5.97 Å². The molecular formula is C10H17NO2. The Hall–Kier alpha value is -0.570. The van der Waals surface area contributed by atoms with Crippen LogP contribution >= 0.6 is 0 Å². The van der Waals surface area contributed by atoms with Gasteiger partial charge in [-0.1, -0.05) is 0 Å². The molecule has 2 aliphatic carbocycles. The monoisotopic (exact) mass is 183 g/mol. The molecule has 2 fully saturated rings. The SMILES string of the molecule is CC(N)(C(=O)OC1CCC1)C1CC1. The number of esters is 1. The fourth-order valence-corrected chi connectivity index (χ4v) is 1.62. The molecule has 74 valence electrons. The average molecular weight is 183 g/mol. The van der Waals surface area contributed by atoms with Crippen LogP contribution in [0.4, 0.5) is 0 Å². The van der Waals surface area contributed by atoms with Crippen LogP contribution in [-0.2, 0) is 9.53 Å². The lowest BCUT2D eigenvalue weighted by molar-refractivity contribution is -0.159. The lowest BCUT2D eigenvalue weighted by atomic mass is 9.94. The highest BCUT2D eigenvalue weighted by molar-refractivity contribution is 5.81. The van der Waals surface area contributed by atoms with Gasteiger partial charge in [0.15, 0.2) is 0 Å². The van der Waals surface area contributed by atoms with E-state index < -0.39 is 5.54 Å². The van der Waals surface area contributed by atoms with Crippen molar-refractivity contribution < 1.29 is 9.53 Å². The number of carbonyl (C=O) groups excluding carboxylic acids is 1. The van der Waals surface area contributed by atoms with Gasteiger partial charge in [0.2, 0.25) is 0 Å². The van der Waals surface area contributed by atoms with E-state index in [1.807, 2.05) is 0 Å². The maximum absolute atomic E-state index is 11.6. The van der Waals surface area contributed by atoms with Gasteiger partial charge >= 0.3 is 5.97 Å². The fourth-order valence-electron chi connectivity index (χ4n) is 1.62. The minimum atomic E-state index is -0.727. The van der Waals surface area contributed by atoms with Crippen LogP contribution in [0.15, 0.2) is 0 Å². The predicted molar refractivity (Wildman–Crippen MR) is 49.0 cm³/mol. The first-order valence-electron chi connectivity index (χ1n) is 5.10. The van der Waals surface area contributed by atoms with E-state index in [9.17, 15) is 4.79 Å². The van der Waals surface area contributed by atoms with Crippen LogP contribution in [0.1, 0.15) is 39.0 Å². The van der Waals surface area contributed by atoms with Crippen LogP contribution in [-0.4, -0.2) is 17.6 Å². The molecule has 2 rings (SSSR count). The lowest BCUT2D eigenvalue weighted by Gasteiger charge is -2.30. The van der Waals surface area contributed by atoms with Crippen molar-refractivity contribution in [2.75, 3.05) is 0 Å². The van der Waals surface area contributed by atoms with Crippen LogP contribution in [0.3, 0.4) is 0 Å². The first-order chi connectivity index (χ1) is 6.10. The van der Waals surface area contributed by atoms with Gasteiger partial charge in [-0.05, 0) is 44.9 Å². The van der Waals surface area contributed by atoms with E-state index in [1.54, 1.807) is 6.92 Å². The molecule has 0 aromatic heterocycles. The molecule has 3 heteroatoms. The minimum Gasteiger partial charge on any atom is -0.461 e. The second-order valence-electron chi connectivity index (χ2n) is 4.52. The molecule has 0 amide bonds. The molecule has 0 saturated heterocycles. The largest absolute Gasteiger partial charge is 0.461 e.